The largest absolute Gasteiger partial charge is 0.478 e. The van der Waals surface area contributed by atoms with Gasteiger partial charge in [-0.1, -0.05) is 59.6 Å². The number of carbonyl (C=O) groups excluding carboxylic acids is 1. The Hall–Kier alpha value is -3.68. The van der Waals surface area contributed by atoms with E-state index < -0.39 is 17.6 Å². The lowest BCUT2D eigenvalue weighted by Crippen LogP contribution is -2.39. The van der Waals surface area contributed by atoms with Crippen LogP contribution < -0.4 is 10.5 Å². The van der Waals surface area contributed by atoms with Crippen LogP contribution in [0.15, 0.2) is 72.9 Å². The first-order valence-corrected chi connectivity index (χ1v) is 12.9. The summed E-state index contributed by atoms with van der Waals surface area (Å²) in [5.74, 6) is -0.565. The number of ether oxygens (including phenoxy) is 1. The molecule has 0 unspecified atom stereocenters. The predicted molar refractivity (Wildman–Crippen MR) is 151 cm³/mol. The molecule has 1 aromatic heterocycles. The summed E-state index contributed by atoms with van der Waals surface area (Å²) in [4.78, 5) is 25.2. The van der Waals surface area contributed by atoms with Crippen molar-refractivity contribution in [1.29, 1.82) is 0 Å². The smallest absolute Gasteiger partial charge is 0.347 e. The molecule has 0 aliphatic carbocycles. The van der Waals surface area contributed by atoms with E-state index in [0.29, 0.717) is 41.8 Å². The molecule has 0 saturated carbocycles. The van der Waals surface area contributed by atoms with Gasteiger partial charge in [0.2, 0.25) is 0 Å². The van der Waals surface area contributed by atoms with Crippen LogP contribution in [-0.2, 0) is 17.8 Å². The highest BCUT2D eigenvalue weighted by molar-refractivity contribution is 6.43. The van der Waals surface area contributed by atoms with Gasteiger partial charge in [0.15, 0.2) is 5.60 Å². The van der Waals surface area contributed by atoms with Crippen LogP contribution in [0, 0.1) is 0 Å². The molecule has 2 amide bonds. The first-order chi connectivity index (χ1) is 18.0. The SMILES string of the molecule is CC(C)(Oc1ccc2c(ccn2CCN(CCc2cccc(-c3cccc(Cl)c3Cl)c2)C(N)=O)c1)C(=O)O. The molecule has 4 rings (SSSR count). The van der Waals surface area contributed by atoms with E-state index in [9.17, 15) is 14.7 Å². The standard InChI is InChI=1S/C29H29Cl2N3O4/c1-29(2,27(35)36)38-22-9-10-25-21(18-22)12-14-33(25)15-16-34(28(32)37)13-11-19-5-3-6-20(17-19)23-7-4-8-24(30)26(23)31/h3-10,12,14,17-18H,11,13,15-16H2,1-2H3,(H2,32,37)(H,35,36). The van der Waals surface area contributed by atoms with Crippen LogP contribution in [0.4, 0.5) is 4.79 Å². The molecule has 0 fully saturated rings. The third-order valence-electron chi connectivity index (χ3n) is 6.41. The number of nitrogens with two attached hydrogens (primary N) is 1. The molecule has 0 radical (unpaired) electrons. The second-order valence-corrected chi connectivity index (χ2v) is 10.3. The lowest BCUT2D eigenvalue weighted by molar-refractivity contribution is -0.152. The van der Waals surface area contributed by atoms with Gasteiger partial charge in [-0.2, -0.15) is 0 Å². The van der Waals surface area contributed by atoms with Crippen molar-refractivity contribution in [2.45, 2.75) is 32.4 Å². The van der Waals surface area contributed by atoms with Crippen molar-refractivity contribution in [1.82, 2.24) is 9.47 Å². The van der Waals surface area contributed by atoms with Crippen molar-refractivity contribution in [3.63, 3.8) is 0 Å². The zero-order valence-corrected chi connectivity index (χ0v) is 22.7. The van der Waals surface area contributed by atoms with Gasteiger partial charge in [-0.05, 0) is 61.7 Å². The summed E-state index contributed by atoms with van der Waals surface area (Å²) < 4.78 is 7.67. The molecule has 0 aliphatic rings. The average Bonchev–Trinajstić information content (AvgIpc) is 3.27. The molecule has 3 aromatic carbocycles. The minimum atomic E-state index is -1.34. The average molecular weight is 554 g/mol. The van der Waals surface area contributed by atoms with Gasteiger partial charge in [0, 0.05) is 42.3 Å². The normalized spacial score (nSPS) is 11.5. The van der Waals surface area contributed by atoms with Gasteiger partial charge in [-0.15, -0.1) is 0 Å². The van der Waals surface area contributed by atoms with Gasteiger partial charge >= 0.3 is 12.0 Å². The number of hydrogen-bond donors (Lipinski definition) is 2. The Morgan fingerprint density at radius 1 is 1.03 bits per heavy atom. The van der Waals surface area contributed by atoms with E-state index in [4.69, 9.17) is 33.7 Å². The Morgan fingerprint density at radius 3 is 2.53 bits per heavy atom. The number of primary amides is 1. The molecule has 38 heavy (non-hydrogen) atoms. The van der Waals surface area contributed by atoms with Crippen molar-refractivity contribution in [3.8, 4) is 16.9 Å². The van der Waals surface area contributed by atoms with Crippen LogP contribution in [0.25, 0.3) is 22.0 Å². The second-order valence-electron chi connectivity index (χ2n) is 9.52. The zero-order chi connectivity index (χ0) is 27.4. The number of amides is 2. The molecule has 0 aliphatic heterocycles. The summed E-state index contributed by atoms with van der Waals surface area (Å²) in [5, 5.41) is 11.2. The monoisotopic (exact) mass is 553 g/mol. The van der Waals surface area contributed by atoms with E-state index in [1.807, 2.05) is 65.4 Å². The van der Waals surface area contributed by atoms with Crippen LogP contribution in [0.5, 0.6) is 5.75 Å². The van der Waals surface area contributed by atoms with Crippen LogP contribution in [0.2, 0.25) is 10.0 Å². The molecular weight excluding hydrogens is 525 g/mol. The molecule has 198 valence electrons. The fraction of sp³-hybridized carbons (Fsp3) is 0.241. The highest BCUT2D eigenvalue weighted by atomic mass is 35.5. The summed E-state index contributed by atoms with van der Waals surface area (Å²) in [6.07, 6.45) is 2.55. The van der Waals surface area contributed by atoms with Crippen molar-refractivity contribution in [2.24, 2.45) is 5.73 Å². The second kappa shape index (κ2) is 11.4. The van der Waals surface area contributed by atoms with Gasteiger partial charge < -0.3 is 25.0 Å². The van der Waals surface area contributed by atoms with Gasteiger partial charge in [0.25, 0.3) is 0 Å². The third kappa shape index (κ3) is 6.23. The molecule has 4 aromatic rings. The van der Waals surface area contributed by atoms with E-state index in [-0.39, 0.29) is 0 Å². The first kappa shape index (κ1) is 27.4. The lowest BCUT2D eigenvalue weighted by atomic mass is 10.0. The maximum Gasteiger partial charge on any atom is 0.347 e. The highest BCUT2D eigenvalue weighted by Crippen LogP contribution is 2.33. The number of benzene rings is 3. The molecule has 0 spiro atoms. The minimum Gasteiger partial charge on any atom is -0.478 e. The van der Waals surface area contributed by atoms with Crippen LogP contribution >= 0.6 is 23.2 Å². The van der Waals surface area contributed by atoms with E-state index in [2.05, 4.69) is 0 Å². The zero-order valence-electron chi connectivity index (χ0n) is 21.2. The number of halogens is 2. The fourth-order valence-corrected chi connectivity index (χ4v) is 4.63. The summed E-state index contributed by atoms with van der Waals surface area (Å²) in [5.41, 5.74) is 8.16. The quantitative estimate of drug-likeness (QED) is 0.235. The topological polar surface area (TPSA) is 97.8 Å². The van der Waals surface area contributed by atoms with Crippen molar-refractivity contribution < 1.29 is 19.4 Å². The summed E-state index contributed by atoms with van der Waals surface area (Å²) >= 11 is 12.6. The van der Waals surface area contributed by atoms with E-state index in [0.717, 1.165) is 27.6 Å². The number of fused-ring (bicyclic) bond motifs is 1. The van der Waals surface area contributed by atoms with Crippen molar-refractivity contribution in [3.05, 3.63) is 88.5 Å². The van der Waals surface area contributed by atoms with E-state index in [1.165, 1.54) is 13.8 Å². The van der Waals surface area contributed by atoms with E-state index >= 15 is 0 Å². The fourth-order valence-electron chi connectivity index (χ4n) is 4.22. The van der Waals surface area contributed by atoms with Gasteiger partial charge in [-0.25, -0.2) is 9.59 Å². The maximum absolute atomic E-state index is 12.2. The molecule has 0 atom stereocenters. The summed E-state index contributed by atoms with van der Waals surface area (Å²) in [7, 11) is 0. The number of aliphatic carboxylic acids is 1. The Balaban J connectivity index is 1.42. The predicted octanol–water partition coefficient (Wildman–Crippen LogP) is 6.48. The Bertz CT molecular complexity index is 1480. The Kier molecular flexibility index (Phi) is 8.19. The molecule has 0 bridgehead atoms. The molecule has 9 heteroatoms. The van der Waals surface area contributed by atoms with E-state index in [1.54, 1.807) is 17.0 Å². The molecule has 3 N–H and O–H groups in total. The van der Waals surface area contributed by atoms with Gasteiger partial charge in [0.1, 0.15) is 5.75 Å². The minimum absolute atomic E-state index is 0.434. The third-order valence-corrected chi connectivity index (χ3v) is 7.23. The molecular formula is C29H29Cl2N3O4. The number of rotatable bonds is 10. The molecule has 7 nitrogen and oxygen atoms in total. The summed E-state index contributed by atoms with van der Waals surface area (Å²) in [6.45, 7) is 4.45. The molecule has 0 saturated heterocycles. The Morgan fingerprint density at radius 2 is 1.79 bits per heavy atom. The Labute approximate surface area is 231 Å². The maximum atomic E-state index is 12.2. The summed E-state index contributed by atoms with van der Waals surface area (Å²) in [6, 6.07) is 20.4. The lowest BCUT2D eigenvalue weighted by Gasteiger charge is -2.22. The molecule has 1 heterocycles. The van der Waals surface area contributed by atoms with Crippen LogP contribution in [0.1, 0.15) is 19.4 Å². The van der Waals surface area contributed by atoms with Crippen LogP contribution in [0.3, 0.4) is 0 Å². The van der Waals surface area contributed by atoms with Crippen LogP contribution in [-0.4, -0.2) is 45.3 Å². The number of urea groups is 1. The number of carboxylic acid groups (broad SMARTS) is 1. The van der Waals surface area contributed by atoms with Gasteiger partial charge in [-0.3, -0.25) is 0 Å². The number of carbonyl (C=O) groups is 2. The number of hydrogen-bond acceptors (Lipinski definition) is 3. The first-order valence-electron chi connectivity index (χ1n) is 12.1. The number of aromatic nitrogens is 1. The van der Waals surface area contributed by atoms with Crippen molar-refractivity contribution in [2.75, 3.05) is 13.1 Å². The highest BCUT2D eigenvalue weighted by Gasteiger charge is 2.29. The number of carboxylic acids is 1. The number of nitrogens with zero attached hydrogens (tertiary/aromatic N) is 2. The van der Waals surface area contributed by atoms with Crippen molar-refractivity contribution >= 4 is 46.1 Å². The van der Waals surface area contributed by atoms with Gasteiger partial charge in [0.05, 0.1) is 10.0 Å².